The molecule has 4 nitrogen and oxygen atoms in total. The predicted molar refractivity (Wildman–Crippen MR) is 27.4 cm³/mol. The van der Waals surface area contributed by atoms with Crippen molar-refractivity contribution in [2.24, 2.45) is 5.73 Å². The molecule has 0 bridgehead atoms. The fourth-order valence-corrected chi connectivity index (χ4v) is 0.474. The van der Waals surface area contributed by atoms with Crippen LogP contribution in [0.15, 0.2) is 11.8 Å². The molecule has 0 aromatic heterocycles. The maximum Gasteiger partial charge on any atom is 0.268 e. The van der Waals surface area contributed by atoms with E-state index in [2.05, 4.69) is 10.9 Å². The minimum atomic E-state index is -0.477. The Balaban J connectivity index is 2.57. The third kappa shape index (κ3) is 0.788. The summed E-state index contributed by atoms with van der Waals surface area (Å²) in [5.41, 5.74) is 11.3. The summed E-state index contributed by atoms with van der Waals surface area (Å²) in [6.07, 6.45) is 1.64. The van der Waals surface area contributed by atoms with Gasteiger partial charge in [-0.2, -0.15) is 5.43 Å². The van der Waals surface area contributed by atoms with Gasteiger partial charge in [-0.1, -0.05) is 0 Å². The first-order valence-electron chi connectivity index (χ1n) is 2.24. The summed E-state index contributed by atoms with van der Waals surface area (Å²) in [7, 11) is 0. The molecule has 1 radical (unpaired) electrons. The highest BCUT2D eigenvalue weighted by atomic mass is 16.1. The van der Waals surface area contributed by atoms with Crippen LogP contribution >= 0.6 is 0 Å². The molecule has 1 heterocycles. The average Bonchev–Trinajstić information content (AvgIpc) is 2.12. The molecule has 1 rings (SSSR count). The molecule has 0 saturated carbocycles. The Kier molecular flexibility index (Phi) is 1.17. The normalized spacial score (nSPS) is 17.2. The largest absolute Gasteiger partial charge is 0.364 e. The Morgan fingerprint density at radius 3 is 3.00 bits per heavy atom. The van der Waals surface area contributed by atoms with Crippen LogP contribution in [-0.4, -0.2) is 12.5 Å². The molecule has 1 amide bonds. The van der Waals surface area contributed by atoms with Gasteiger partial charge in [0.1, 0.15) is 5.70 Å². The van der Waals surface area contributed by atoms with E-state index in [1.54, 1.807) is 6.08 Å². The summed E-state index contributed by atoms with van der Waals surface area (Å²) < 4.78 is 0. The van der Waals surface area contributed by atoms with Gasteiger partial charge in [-0.05, 0) is 6.08 Å². The first kappa shape index (κ1) is 5.11. The third-order valence-corrected chi connectivity index (χ3v) is 0.839. The molecule has 4 heteroatoms. The standard InChI is InChI=1S/C4H6N3O/c5-4(8)3-1-2-6-7-3/h1,6H,2H2,(H2,5,8). The van der Waals surface area contributed by atoms with Crippen molar-refractivity contribution in [3.05, 3.63) is 11.8 Å². The van der Waals surface area contributed by atoms with Crippen LogP contribution in [0.4, 0.5) is 0 Å². The van der Waals surface area contributed by atoms with Gasteiger partial charge in [0.05, 0.1) is 0 Å². The minimum Gasteiger partial charge on any atom is -0.364 e. The Labute approximate surface area is 46.7 Å². The number of hydrogen-bond donors (Lipinski definition) is 2. The van der Waals surface area contributed by atoms with E-state index in [0.29, 0.717) is 12.2 Å². The second kappa shape index (κ2) is 1.83. The molecule has 1 aliphatic heterocycles. The summed E-state index contributed by atoms with van der Waals surface area (Å²) in [4.78, 5) is 10.2. The molecule has 1 aliphatic rings. The topological polar surface area (TPSA) is 69.2 Å². The third-order valence-electron chi connectivity index (χ3n) is 0.839. The van der Waals surface area contributed by atoms with Gasteiger partial charge in [0.2, 0.25) is 0 Å². The van der Waals surface area contributed by atoms with E-state index in [-0.39, 0.29) is 0 Å². The van der Waals surface area contributed by atoms with Crippen LogP contribution in [0.3, 0.4) is 0 Å². The lowest BCUT2D eigenvalue weighted by atomic mass is 10.4. The van der Waals surface area contributed by atoms with E-state index in [4.69, 9.17) is 5.73 Å². The Morgan fingerprint density at radius 2 is 2.75 bits per heavy atom. The van der Waals surface area contributed by atoms with Gasteiger partial charge in [0, 0.05) is 6.54 Å². The average molecular weight is 112 g/mol. The second-order valence-electron chi connectivity index (χ2n) is 1.43. The summed E-state index contributed by atoms with van der Waals surface area (Å²) >= 11 is 0. The SMILES string of the molecule is NC(=O)C1=CCN[N]1. The minimum absolute atomic E-state index is 0.324. The van der Waals surface area contributed by atoms with Gasteiger partial charge < -0.3 is 5.73 Å². The van der Waals surface area contributed by atoms with Gasteiger partial charge in [-0.25, -0.2) is 5.43 Å². The van der Waals surface area contributed by atoms with E-state index < -0.39 is 5.91 Å². The van der Waals surface area contributed by atoms with Gasteiger partial charge in [-0.3, -0.25) is 4.79 Å². The van der Waals surface area contributed by atoms with Crippen LogP contribution in [0.25, 0.3) is 0 Å². The lowest BCUT2D eigenvalue weighted by Gasteiger charge is -1.90. The summed E-state index contributed by atoms with van der Waals surface area (Å²) in [6.45, 7) is 0.609. The monoisotopic (exact) mass is 112 g/mol. The molecule has 43 valence electrons. The highest BCUT2D eigenvalue weighted by Crippen LogP contribution is 1.90. The maximum atomic E-state index is 10.2. The number of carbonyl (C=O) groups is 1. The van der Waals surface area contributed by atoms with Crippen LogP contribution in [0.5, 0.6) is 0 Å². The van der Waals surface area contributed by atoms with Crippen LogP contribution < -0.4 is 16.6 Å². The van der Waals surface area contributed by atoms with Crippen molar-refractivity contribution < 1.29 is 4.79 Å². The Bertz CT molecular complexity index is 140. The first-order valence-corrected chi connectivity index (χ1v) is 2.24. The zero-order valence-corrected chi connectivity index (χ0v) is 4.22. The fraction of sp³-hybridized carbons (Fsp3) is 0.250. The van der Waals surface area contributed by atoms with Crippen LogP contribution in [0.1, 0.15) is 0 Å². The lowest BCUT2D eigenvalue weighted by molar-refractivity contribution is -0.114. The van der Waals surface area contributed by atoms with E-state index in [0.717, 1.165) is 0 Å². The number of hydrogen-bond acceptors (Lipinski definition) is 2. The lowest BCUT2D eigenvalue weighted by Crippen LogP contribution is -2.24. The number of carbonyl (C=O) groups excluding carboxylic acids is 1. The number of nitrogens with one attached hydrogen (secondary N) is 1. The molecule has 0 aromatic rings. The molecule has 0 fully saturated rings. The number of nitrogens with zero attached hydrogens (tertiary/aromatic N) is 1. The van der Waals surface area contributed by atoms with Crippen molar-refractivity contribution in [1.29, 1.82) is 0 Å². The van der Waals surface area contributed by atoms with Crippen LogP contribution in [-0.2, 0) is 4.79 Å². The molecule has 0 spiro atoms. The van der Waals surface area contributed by atoms with Crippen molar-refractivity contribution in [2.75, 3.05) is 6.54 Å². The second-order valence-corrected chi connectivity index (χ2v) is 1.43. The molecule has 3 N–H and O–H groups in total. The van der Waals surface area contributed by atoms with Gasteiger partial charge in [-0.15, -0.1) is 0 Å². The quantitative estimate of drug-likeness (QED) is 0.432. The van der Waals surface area contributed by atoms with Crippen molar-refractivity contribution in [2.45, 2.75) is 0 Å². The zero-order chi connectivity index (χ0) is 5.98. The Hall–Kier alpha value is -1.03. The molecular weight excluding hydrogens is 106 g/mol. The van der Waals surface area contributed by atoms with Crippen molar-refractivity contribution in [3.8, 4) is 0 Å². The molecule has 8 heavy (non-hydrogen) atoms. The zero-order valence-electron chi connectivity index (χ0n) is 4.22. The van der Waals surface area contributed by atoms with Crippen molar-refractivity contribution >= 4 is 5.91 Å². The molecule has 0 unspecified atom stereocenters. The molecular formula is C4H6N3O. The summed E-state index contributed by atoms with van der Waals surface area (Å²) in [5.74, 6) is -0.477. The number of primary amides is 1. The highest BCUT2D eigenvalue weighted by Gasteiger charge is 2.08. The highest BCUT2D eigenvalue weighted by molar-refractivity contribution is 5.91. The van der Waals surface area contributed by atoms with Gasteiger partial charge in [0.25, 0.3) is 5.91 Å². The Morgan fingerprint density at radius 1 is 2.00 bits per heavy atom. The molecule has 0 aromatic carbocycles. The van der Waals surface area contributed by atoms with Gasteiger partial charge >= 0.3 is 0 Å². The maximum absolute atomic E-state index is 10.2. The molecule has 0 atom stereocenters. The molecule has 0 saturated heterocycles. The molecule has 0 aliphatic carbocycles. The number of rotatable bonds is 1. The van der Waals surface area contributed by atoms with Crippen LogP contribution in [0, 0.1) is 0 Å². The van der Waals surface area contributed by atoms with Gasteiger partial charge in [0.15, 0.2) is 0 Å². The van der Waals surface area contributed by atoms with E-state index in [1.807, 2.05) is 0 Å². The van der Waals surface area contributed by atoms with E-state index >= 15 is 0 Å². The van der Waals surface area contributed by atoms with E-state index in [1.165, 1.54) is 0 Å². The summed E-state index contributed by atoms with van der Waals surface area (Å²) in [5, 5.41) is 0. The fourth-order valence-electron chi connectivity index (χ4n) is 0.474. The number of nitrogens with two attached hydrogens (primary N) is 1. The van der Waals surface area contributed by atoms with Crippen molar-refractivity contribution in [3.63, 3.8) is 0 Å². The van der Waals surface area contributed by atoms with Crippen molar-refractivity contribution in [1.82, 2.24) is 10.9 Å². The smallest absolute Gasteiger partial charge is 0.268 e. The van der Waals surface area contributed by atoms with Crippen LogP contribution in [0.2, 0.25) is 0 Å². The number of amides is 1. The predicted octanol–water partition coefficient (Wildman–Crippen LogP) is -1.52. The summed E-state index contributed by atoms with van der Waals surface area (Å²) in [6, 6.07) is 0. The first-order chi connectivity index (χ1) is 3.80. The van der Waals surface area contributed by atoms with E-state index in [9.17, 15) is 4.79 Å².